The third-order valence-corrected chi connectivity index (χ3v) is 7.96. The lowest BCUT2D eigenvalue weighted by molar-refractivity contribution is -0.149. The standard InChI is InChI=1S/C29H50N4O5/c1-18(2)24(17-21(7)27(35)33-16-12-14-23(33)29(37)38-9)31(8)28(36)25(19(3)4)30-26(34)22-13-10-11-15-32(22)20(5)6/h17-20,22-25H,10-16H2,1-9H3,(H,30,34)/b21-17+/t22-,23-,24-,25?/m1/s1. The first kappa shape index (κ1) is 31.8. The lowest BCUT2D eigenvalue weighted by atomic mass is 9.95. The largest absolute Gasteiger partial charge is 0.467 e. The normalized spacial score (nSPS) is 22.5. The maximum Gasteiger partial charge on any atom is 0.328 e. The molecule has 0 radical (unpaired) electrons. The summed E-state index contributed by atoms with van der Waals surface area (Å²) >= 11 is 0. The van der Waals surface area contributed by atoms with Crippen molar-refractivity contribution in [1.82, 2.24) is 20.0 Å². The number of piperidine rings is 1. The zero-order chi connectivity index (χ0) is 28.7. The Morgan fingerprint density at radius 1 is 0.921 bits per heavy atom. The zero-order valence-corrected chi connectivity index (χ0v) is 25.0. The molecule has 2 aliphatic rings. The maximum atomic E-state index is 13.8. The average Bonchev–Trinajstić information content (AvgIpc) is 3.37. The molecule has 2 fully saturated rings. The summed E-state index contributed by atoms with van der Waals surface area (Å²) in [6, 6.07) is -1.57. The minimum atomic E-state index is -0.670. The molecule has 2 saturated heterocycles. The second-order valence-corrected chi connectivity index (χ2v) is 11.8. The number of hydrogen-bond donors (Lipinski definition) is 1. The molecular formula is C29H50N4O5. The highest BCUT2D eigenvalue weighted by molar-refractivity contribution is 5.96. The molecule has 0 aliphatic carbocycles. The smallest absolute Gasteiger partial charge is 0.328 e. The summed E-state index contributed by atoms with van der Waals surface area (Å²) in [7, 11) is 3.07. The van der Waals surface area contributed by atoms with Crippen LogP contribution in [0.5, 0.6) is 0 Å². The van der Waals surface area contributed by atoms with Crippen LogP contribution in [0.2, 0.25) is 0 Å². The summed E-state index contributed by atoms with van der Waals surface area (Å²) in [5.41, 5.74) is 0.485. The van der Waals surface area contributed by atoms with E-state index in [1.54, 1.807) is 23.8 Å². The molecule has 0 aromatic carbocycles. The van der Waals surface area contributed by atoms with Crippen molar-refractivity contribution in [2.75, 3.05) is 27.2 Å². The first-order chi connectivity index (χ1) is 17.8. The molecule has 0 saturated carbocycles. The summed E-state index contributed by atoms with van der Waals surface area (Å²) in [4.78, 5) is 58.0. The lowest BCUT2D eigenvalue weighted by Crippen LogP contribution is -2.58. The second kappa shape index (κ2) is 14.1. The lowest BCUT2D eigenvalue weighted by Gasteiger charge is -2.39. The Hall–Kier alpha value is -2.42. The van der Waals surface area contributed by atoms with E-state index in [0.717, 1.165) is 32.2 Å². The van der Waals surface area contributed by atoms with Gasteiger partial charge in [0, 0.05) is 25.2 Å². The molecule has 4 atom stereocenters. The Kier molecular flexibility index (Phi) is 11.8. The number of likely N-dealkylation sites (N-methyl/N-ethyl adjacent to an activating group) is 1. The zero-order valence-electron chi connectivity index (χ0n) is 25.0. The molecule has 1 unspecified atom stereocenters. The molecule has 9 nitrogen and oxygen atoms in total. The van der Waals surface area contributed by atoms with E-state index in [2.05, 4.69) is 24.1 Å². The quantitative estimate of drug-likeness (QED) is 0.342. The molecular weight excluding hydrogens is 484 g/mol. The SMILES string of the molecule is COC(=O)[C@H]1CCCN1C(=O)/C(C)=C/[C@H](C(C)C)N(C)C(=O)C(NC(=O)[C@H]1CCCCN1C(C)C)C(C)C. The van der Waals surface area contributed by atoms with E-state index in [1.165, 1.54) is 7.11 Å². The molecule has 0 aromatic rings. The van der Waals surface area contributed by atoms with E-state index in [9.17, 15) is 19.2 Å². The molecule has 216 valence electrons. The minimum absolute atomic E-state index is 0.0278. The topological polar surface area (TPSA) is 99.3 Å². The van der Waals surface area contributed by atoms with Crippen molar-refractivity contribution in [3.8, 4) is 0 Å². The van der Waals surface area contributed by atoms with Gasteiger partial charge in [-0.05, 0) is 64.8 Å². The van der Waals surface area contributed by atoms with E-state index >= 15 is 0 Å². The van der Waals surface area contributed by atoms with Crippen molar-refractivity contribution in [3.05, 3.63) is 11.6 Å². The number of likely N-dealkylation sites (tertiary alicyclic amines) is 2. The van der Waals surface area contributed by atoms with Gasteiger partial charge in [-0.2, -0.15) is 0 Å². The number of carbonyl (C=O) groups is 4. The van der Waals surface area contributed by atoms with E-state index < -0.39 is 18.1 Å². The summed E-state index contributed by atoms with van der Waals surface area (Å²) in [5.74, 6) is -0.964. The predicted octanol–water partition coefficient (Wildman–Crippen LogP) is 2.98. The van der Waals surface area contributed by atoms with Gasteiger partial charge >= 0.3 is 5.97 Å². The van der Waals surface area contributed by atoms with Gasteiger partial charge in [-0.3, -0.25) is 19.3 Å². The van der Waals surface area contributed by atoms with Gasteiger partial charge in [0.2, 0.25) is 17.7 Å². The molecule has 2 heterocycles. The molecule has 0 spiro atoms. The minimum Gasteiger partial charge on any atom is -0.467 e. The van der Waals surface area contributed by atoms with Gasteiger partial charge in [0.15, 0.2) is 0 Å². The van der Waals surface area contributed by atoms with Crippen LogP contribution in [0.15, 0.2) is 11.6 Å². The van der Waals surface area contributed by atoms with Crippen LogP contribution in [-0.4, -0.2) is 95.8 Å². The van der Waals surface area contributed by atoms with E-state index in [1.807, 2.05) is 33.8 Å². The van der Waals surface area contributed by atoms with Gasteiger partial charge in [-0.15, -0.1) is 0 Å². The first-order valence-electron chi connectivity index (χ1n) is 14.2. The summed E-state index contributed by atoms with van der Waals surface area (Å²) in [6.07, 6.45) is 6.02. The Balaban J connectivity index is 2.21. The summed E-state index contributed by atoms with van der Waals surface area (Å²) < 4.78 is 4.88. The van der Waals surface area contributed by atoms with Crippen molar-refractivity contribution in [1.29, 1.82) is 0 Å². The van der Waals surface area contributed by atoms with Crippen LogP contribution in [0, 0.1) is 11.8 Å². The first-order valence-corrected chi connectivity index (χ1v) is 14.2. The highest BCUT2D eigenvalue weighted by Gasteiger charge is 2.38. The molecule has 1 N–H and O–H groups in total. The van der Waals surface area contributed by atoms with Gasteiger partial charge in [0.1, 0.15) is 12.1 Å². The molecule has 3 amide bonds. The highest BCUT2D eigenvalue weighted by Crippen LogP contribution is 2.24. The summed E-state index contributed by atoms with van der Waals surface area (Å²) in [6.45, 7) is 15.2. The number of nitrogens with zero attached hydrogens (tertiary/aromatic N) is 3. The highest BCUT2D eigenvalue weighted by atomic mass is 16.5. The third-order valence-electron chi connectivity index (χ3n) is 7.96. The van der Waals surface area contributed by atoms with Crippen LogP contribution >= 0.6 is 0 Å². The van der Waals surface area contributed by atoms with Crippen LogP contribution in [0.4, 0.5) is 0 Å². The third kappa shape index (κ3) is 7.58. The fourth-order valence-electron chi connectivity index (χ4n) is 5.68. The monoisotopic (exact) mass is 534 g/mol. The predicted molar refractivity (Wildman–Crippen MR) is 148 cm³/mol. The second-order valence-electron chi connectivity index (χ2n) is 11.8. The Bertz CT molecular complexity index is 884. The van der Waals surface area contributed by atoms with Gasteiger partial charge in [-0.25, -0.2) is 4.79 Å². The number of carbonyl (C=O) groups excluding carboxylic acids is 4. The van der Waals surface area contributed by atoms with Crippen LogP contribution in [-0.2, 0) is 23.9 Å². The van der Waals surface area contributed by atoms with E-state index in [4.69, 9.17) is 4.74 Å². The van der Waals surface area contributed by atoms with Crippen molar-refractivity contribution in [2.24, 2.45) is 11.8 Å². The Labute approximate surface area is 229 Å². The summed E-state index contributed by atoms with van der Waals surface area (Å²) in [5, 5.41) is 3.07. The Morgan fingerprint density at radius 2 is 1.55 bits per heavy atom. The van der Waals surface area contributed by atoms with Crippen LogP contribution in [0.25, 0.3) is 0 Å². The maximum absolute atomic E-state index is 13.8. The number of esters is 1. The van der Waals surface area contributed by atoms with Crippen molar-refractivity contribution < 1.29 is 23.9 Å². The molecule has 2 aliphatic heterocycles. The number of amides is 3. The molecule has 2 rings (SSSR count). The molecule has 38 heavy (non-hydrogen) atoms. The van der Waals surface area contributed by atoms with Gasteiger partial charge in [-0.1, -0.05) is 40.2 Å². The number of ether oxygens (including phenoxy) is 1. The van der Waals surface area contributed by atoms with Gasteiger partial charge < -0.3 is 19.9 Å². The molecule has 0 bridgehead atoms. The van der Waals surface area contributed by atoms with Crippen molar-refractivity contribution in [3.63, 3.8) is 0 Å². The van der Waals surface area contributed by atoms with E-state index in [-0.39, 0.29) is 47.7 Å². The fourth-order valence-corrected chi connectivity index (χ4v) is 5.68. The van der Waals surface area contributed by atoms with Crippen molar-refractivity contribution in [2.45, 2.75) is 111 Å². The average molecular weight is 535 g/mol. The van der Waals surface area contributed by atoms with Gasteiger partial charge in [0.25, 0.3) is 0 Å². The number of nitrogens with one attached hydrogen (secondary N) is 1. The molecule has 0 aromatic heterocycles. The number of rotatable bonds is 10. The number of hydrogen-bond acceptors (Lipinski definition) is 6. The number of methoxy groups -OCH3 is 1. The van der Waals surface area contributed by atoms with Crippen LogP contribution in [0.1, 0.15) is 80.6 Å². The van der Waals surface area contributed by atoms with Crippen LogP contribution < -0.4 is 5.32 Å². The van der Waals surface area contributed by atoms with Crippen molar-refractivity contribution >= 4 is 23.7 Å². The Morgan fingerprint density at radius 3 is 2.11 bits per heavy atom. The van der Waals surface area contributed by atoms with E-state index in [0.29, 0.717) is 18.5 Å². The fraction of sp³-hybridized carbons (Fsp3) is 0.793. The van der Waals surface area contributed by atoms with Gasteiger partial charge in [0.05, 0.1) is 19.2 Å². The molecule has 9 heteroatoms. The van der Waals surface area contributed by atoms with Crippen LogP contribution in [0.3, 0.4) is 0 Å².